The molecule has 0 saturated carbocycles. The van der Waals surface area contributed by atoms with Crippen LogP contribution < -0.4 is 5.32 Å². The number of piperidine rings is 1. The van der Waals surface area contributed by atoms with Gasteiger partial charge in [0, 0.05) is 43.9 Å². The number of halogens is 1. The zero-order valence-electron chi connectivity index (χ0n) is 13.2. The standard InChI is InChI=1S/C17H21ClN4O/c1-21-9-8-16(20-21)17(23)19-15-6-10-22(11-7-15)12-13-2-4-14(18)5-3-13/h2-5,8-9,15H,6-7,10-12H2,1H3,(H,19,23). The molecule has 23 heavy (non-hydrogen) atoms. The van der Waals surface area contributed by atoms with E-state index in [1.807, 2.05) is 19.2 Å². The molecule has 1 aromatic carbocycles. The fourth-order valence-corrected chi connectivity index (χ4v) is 3.00. The number of benzene rings is 1. The van der Waals surface area contributed by atoms with Crippen molar-refractivity contribution in [3.63, 3.8) is 0 Å². The minimum atomic E-state index is -0.0817. The Bertz CT molecular complexity index is 659. The molecular formula is C17H21ClN4O. The molecule has 2 heterocycles. The number of hydrogen-bond donors (Lipinski definition) is 1. The van der Waals surface area contributed by atoms with Crippen molar-refractivity contribution in [2.45, 2.75) is 25.4 Å². The van der Waals surface area contributed by atoms with Crippen LogP contribution >= 0.6 is 11.6 Å². The van der Waals surface area contributed by atoms with Crippen LogP contribution in [0.3, 0.4) is 0 Å². The van der Waals surface area contributed by atoms with Gasteiger partial charge in [0.15, 0.2) is 0 Å². The van der Waals surface area contributed by atoms with Gasteiger partial charge in [-0.05, 0) is 36.6 Å². The fraction of sp³-hybridized carbons (Fsp3) is 0.412. The van der Waals surface area contributed by atoms with Gasteiger partial charge in [-0.15, -0.1) is 0 Å². The van der Waals surface area contributed by atoms with Gasteiger partial charge in [-0.1, -0.05) is 23.7 Å². The Hall–Kier alpha value is -1.85. The van der Waals surface area contributed by atoms with E-state index in [2.05, 4.69) is 27.4 Å². The summed E-state index contributed by atoms with van der Waals surface area (Å²) in [5, 5.41) is 7.99. The van der Waals surface area contributed by atoms with Gasteiger partial charge in [-0.25, -0.2) is 0 Å². The van der Waals surface area contributed by atoms with Crippen molar-refractivity contribution in [3.05, 3.63) is 52.8 Å². The number of nitrogens with one attached hydrogen (secondary N) is 1. The van der Waals surface area contributed by atoms with Crippen molar-refractivity contribution in [3.8, 4) is 0 Å². The lowest BCUT2D eigenvalue weighted by molar-refractivity contribution is 0.0903. The molecule has 1 saturated heterocycles. The van der Waals surface area contributed by atoms with Gasteiger partial charge in [0.25, 0.3) is 5.91 Å². The first-order valence-electron chi connectivity index (χ1n) is 7.87. The van der Waals surface area contributed by atoms with Gasteiger partial charge in [0.2, 0.25) is 0 Å². The van der Waals surface area contributed by atoms with Crippen molar-refractivity contribution in [1.82, 2.24) is 20.0 Å². The molecule has 3 rings (SSSR count). The third-order valence-electron chi connectivity index (χ3n) is 4.19. The number of aromatic nitrogens is 2. The SMILES string of the molecule is Cn1ccc(C(=O)NC2CCN(Cc3ccc(Cl)cc3)CC2)n1. The molecule has 0 unspecified atom stereocenters. The Morgan fingerprint density at radius 2 is 1.96 bits per heavy atom. The first-order valence-corrected chi connectivity index (χ1v) is 8.25. The smallest absolute Gasteiger partial charge is 0.271 e. The lowest BCUT2D eigenvalue weighted by Crippen LogP contribution is -2.44. The highest BCUT2D eigenvalue weighted by molar-refractivity contribution is 6.30. The van der Waals surface area contributed by atoms with Crippen molar-refractivity contribution in [2.75, 3.05) is 13.1 Å². The molecule has 0 atom stereocenters. The maximum atomic E-state index is 12.1. The second-order valence-electron chi connectivity index (χ2n) is 6.02. The predicted octanol–water partition coefficient (Wildman–Crippen LogP) is 2.47. The van der Waals surface area contributed by atoms with E-state index in [1.165, 1.54) is 5.56 Å². The molecule has 1 amide bonds. The fourth-order valence-electron chi connectivity index (χ4n) is 2.88. The zero-order valence-corrected chi connectivity index (χ0v) is 14.0. The minimum Gasteiger partial charge on any atom is -0.348 e. The van der Waals surface area contributed by atoms with E-state index >= 15 is 0 Å². The number of aryl methyl sites for hydroxylation is 1. The maximum absolute atomic E-state index is 12.1. The summed E-state index contributed by atoms with van der Waals surface area (Å²) in [5.74, 6) is -0.0817. The van der Waals surface area contributed by atoms with Crippen LogP contribution in [0.5, 0.6) is 0 Å². The van der Waals surface area contributed by atoms with Crippen molar-refractivity contribution in [2.24, 2.45) is 7.05 Å². The molecule has 0 aliphatic carbocycles. The van der Waals surface area contributed by atoms with Crippen LogP contribution in [0.25, 0.3) is 0 Å². The Morgan fingerprint density at radius 1 is 1.26 bits per heavy atom. The zero-order chi connectivity index (χ0) is 16.2. The Balaban J connectivity index is 1.46. The number of likely N-dealkylation sites (tertiary alicyclic amines) is 1. The third kappa shape index (κ3) is 4.33. The van der Waals surface area contributed by atoms with Gasteiger partial charge in [0.1, 0.15) is 5.69 Å². The number of amides is 1. The largest absolute Gasteiger partial charge is 0.348 e. The van der Waals surface area contributed by atoms with Crippen LogP contribution in [-0.2, 0) is 13.6 Å². The van der Waals surface area contributed by atoms with Crippen molar-refractivity contribution >= 4 is 17.5 Å². The molecule has 122 valence electrons. The summed E-state index contributed by atoms with van der Waals surface area (Å²) in [5.41, 5.74) is 1.75. The molecular weight excluding hydrogens is 312 g/mol. The van der Waals surface area contributed by atoms with Gasteiger partial charge in [-0.3, -0.25) is 14.4 Å². The molecule has 1 fully saturated rings. The second kappa shape index (κ2) is 7.15. The van der Waals surface area contributed by atoms with Gasteiger partial charge < -0.3 is 5.32 Å². The minimum absolute atomic E-state index is 0.0817. The van der Waals surface area contributed by atoms with E-state index in [0.717, 1.165) is 37.5 Å². The van der Waals surface area contributed by atoms with E-state index in [0.29, 0.717) is 5.69 Å². The molecule has 1 N–H and O–H groups in total. The van der Waals surface area contributed by atoms with Gasteiger partial charge in [-0.2, -0.15) is 5.10 Å². The quantitative estimate of drug-likeness (QED) is 0.935. The van der Waals surface area contributed by atoms with Gasteiger partial charge in [0.05, 0.1) is 0 Å². The molecule has 2 aromatic rings. The van der Waals surface area contributed by atoms with Crippen LogP contribution in [0.2, 0.25) is 5.02 Å². The number of hydrogen-bond acceptors (Lipinski definition) is 3. The predicted molar refractivity (Wildman–Crippen MR) is 90.4 cm³/mol. The summed E-state index contributed by atoms with van der Waals surface area (Å²) >= 11 is 5.91. The highest BCUT2D eigenvalue weighted by Gasteiger charge is 2.21. The molecule has 0 spiro atoms. The molecule has 1 aliphatic rings. The highest BCUT2D eigenvalue weighted by Crippen LogP contribution is 2.16. The van der Waals surface area contributed by atoms with E-state index in [-0.39, 0.29) is 11.9 Å². The Labute approximate surface area is 141 Å². The highest BCUT2D eigenvalue weighted by atomic mass is 35.5. The topological polar surface area (TPSA) is 50.2 Å². The van der Waals surface area contributed by atoms with Crippen LogP contribution in [0.1, 0.15) is 28.9 Å². The van der Waals surface area contributed by atoms with E-state index in [1.54, 1.807) is 16.9 Å². The number of carbonyl (C=O) groups excluding carboxylic acids is 1. The van der Waals surface area contributed by atoms with E-state index in [4.69, 9.17) is 11.6 Å². The lowest BCUT2D eigenvalue weighted by atomic mass is 10.0. The molecule has 0 radical (unpaired) electrons. The molecule has 1 aliphatic heterocycles. The average Bonchev–Trinajstić information content (AvgIpc) is 2.98. The first-order chi connectivity index (χ1) is 11.1. The summed E-state index contributed by atoms with van der Waals surface area (Å²) < 4.78 is 1.64. The summed E-state index contributed by atoms with van der Waals surface area (Å²) in [7, 11) is 1.81. The molecule has 6 heteroatoms. The summed E-state index contributed by atoms with van der Waals surface area (Å²) in [6, 6.07) is 9.96. The summed E-state index contributed by atoms with van der Waals surface area (Å²) in [6.07, 6.45) is 3.71. The normalized spacial score (nSPS) is 16.4. The Morgan fingerprint density at radius 3 is 2.57 bits per heavy atom. The van der Waals surface area contributed by atoms with Crippen LogP contribution in [0, 0.1) is 0 Å². The van der Waals surface area contributed by atoms with Crippen LogP contribution in [-0.4, -0.2) is 39.7 Å². The molecule has 1 aromatic heterocycles. The van der Waals surface area contributed by atoms with Crippen LogP contribution in [0.4, 0.5) is 0 Å². The van der Waals surface area contributed by atoms with E-state index < -0.39 is 0 Å². The third-order valence-corrected chi connectivity index (χ3v) is 4.44. The molecule has 0 bridgehead atoms. The number of carbonyl (C=O) groups is 1. The monoisotopic (exact) mass is 332 g/mol. The van der Waals surface area contributed by atoms with Crippen molar-refractivity contribution in [1.29, 1.82) is 0 Å². The number of nitrogens with zero attached hydrogens (tertiary/aromatic N) is 3. The first kappa shape index (κ1) is 16.0. The maximum Gasteiger partial charge on any atom is 0.271 e. The van der Waals surface area contributed by atoms with E-state index in [9.17, 15) is 4.79 Å². The molecule has 5 nitrogen and oxygen atoms in total. The van der Waals surface area contributed by atoms with Gasteiger partial charge >= 0.3 is 0 Å². The van der Waals surface area contributed by atoms with Crippen LogP contribution in [0.15, 0.2) is 36.5 Å². The summed E-state index contributed by atoms with van der Waals surface area (Å²) in [6.45, 7) is 2.89. The lowest BCUT2D eigenvalue weighted by Gasteiger charge is -2.32. The number of rotatable bonds is 4. The van der Waals surface area contributed by atoms with Crippen molar-refractivity contribution < 1.29 is 4.79 Å². The summed E-state index contributed by atoms with van der Waals surface area (Å²) in [4.78, 5) is 14.5. The second-order valence-corrected chi connectivity index (χ2v) is 6.46. The Kier molecular flexibility index (Phi) is 4.98. The average molecular weight is 333 g/mol.